The molecule has 0 aliphatic carbocycles. The Hall–Kier alpha value is -1.84. The zero-order chi connectivity index (χ0) is 17.1. The third kappa shape index (κ3) is 7.82. The van der Waals surface area contributed by atoms with Crippen LogP contribution in [0.1, 0.15) is 63.2 Å². The van der Waals surface area contributed by atoms with Crippen molar-refractivity contribution in [3.8, 4) is 0 Å². The van der Waals surface area contributed by atoms with E-state index < -0.39 is 6.04 Å². The van der Waals surface area contributed by atoms with E-state index in [4.69, 9.17) is 0 Å². The number of benzene rings is 1. The van der Waals surface area contributed by atoms with Crippen molar-refractivity contribution < 1.29 is 9.59 Å². The number of nitrogens with one attached hydrogen (secondary N) is 2. The number of unbranched alkanes of at least 4 members (excludes halogenated alkanes) is 3. The molecule has 0 heterocycles. The van der Waals surface area contributed by atoms with Crippen LogP contribution in [-0.4, -0.2) is 24.4 Å². The fourth-order valence-electron chi connectivity index (χ4n) is 2.42. The van der Waals surface area contributed by atoms with Crippen LogP contribution in [0, 0.1) is 5.92 Å². The molecule has 1 atom stereocenters. The highest BCUT2D eigenvalue weighted by molar-refractivity contribution is 5.97. The lowest BCUT2D eigenvalue weighted by Gasteiger charge is -2.20. The highest BCUT2D eigenvalue weighted by Crippen LogP contribution is 2.07. The maximum Gasteiger partial charge on any atom is 0.251 e. The fraction of sp³-hybridized carbons (Fsp3) is 0.579. The van der Waals surface area contributed by atoms with Crippen molar-refractivity contribution in [2.75, 3.05) is 6.54 Å². The molecule has 0 aliphatic rings. The first-order chi connectivity index (χ1) is 11.0. The second-order valence-corrected chi connectivity index (χ2v) is 6.37. The van der Waals surface area contributed by atoms with E-state index in [1.165, 1.54) is 12.8 Å². The van der Waals surface area contributed by atoms with Gasteiger partial charge in [-0.15, -0.1) is 0 Å². The van der Waals surface area contributed by atoms with Crippen LogP contribution >= 0.6 is 0 Å². The lowest BCUT2D eigenvalue weighted by Crippen LogP contribution is -2.47. The summed E-state index contributed by atoms with van der Waals surface area (Å²) in [6, 6.07) is 8.54. The van der Waals surface area contributed by atoms with E-state index in [9.17, 15) is 9.59 Å². The van der Waals surface area contributed by atoms with Crippen LogP contribution in [0.2, 0.25) is 0 Å². The molecule has 0 unspecified atom stereocenters. The highest BCUT2D eigenvalue weighted by atomic mass is 16.2. The Morgan fingerprint density at radius 3 is 2.35 bits per heavy atom. The van der Waals surface area contributed by atoms with Crippen molar-refractivity contribution in [2.24, 2.45) is 5.92 Å². The predicted molar refractivity (Wildman–Crippen MR) is 94.3 cm³/mol. The monoisotopic (exact) mass is 318 g/mol. The summed E-state index contributed by atoms with van der Waals surface area (Å²) in [7, 11) is 0. The van der Waals surface area contributed by atoms with Crippen molar-refractivity contribution in [3.63, 3.8) is 0 Å². The Balaban J connectivity index is 2.54. The first-order valence-corrected chi connectivity index (χ1v) is 8.68. The minimum atomic E-state index is -0.478. The quantitative estimate of drug-likeness (QED) is 0.648. The molecule has 0 saturated carbocycles. The Morgan fingerprint density at radius 2 is 1.74 bits per heavy atom. The predicted octanol–water partition coefficient (Wildman–Crippen LogP) is 3.53. The molecule has 2 amide bonds. The van der Waals surface area contributed by atoms with E-state index in [2.05, 4.69) is 31.4 Å². The van der Waals surface area contributed by atoms with Gasteiger partial charge in [0.25, 0.3) is 5.91 Å². The fourth-order valence-corrected chi connectivity index (χ4v) is 2.42. The van der Waals surface area contributed by atoms with Crippen LogP contribution < -0.4 is 10.6 Å². The molecule has 1 aromatic rings. The molecule has 4 nitrogen and oxygen atoms in total. The number of carbonyl (C=O) groups excluding carboxylic acids is 2. The van der Waals surface area contributed by atoms with Gasteiger partial charge >= 0.3 is 0 Å². The van der Waals surface area contributed by atoms with Crippen molar-refractivity contribution in [1.82, 2.24) is 10.6 Å². The number of carbonyl (C=O) groups is 2. The molecule has 0 radical (unpaired) electrons. The third-order valence-corrected chi connectivity index (χ3v) is 3.69. The molecule has 0 aliphatic heterocycles. The third-order valence-electron chi connectivity index (χ3n) is 3.69. The van der Waals surface area contributed by atoms with Crippen molar-refractivity contribution in [2.45, 2.75) is 58.9 Å². The van der Waals surface area contributed by atoms with Crippen LogP contribution in [-0.2, 0) is 4.79 Å². The molecule has 2 N–H and O–H groups in total. The summed E-state index contributed by atoms with van der Waals surface area (Å²) in [5.74, 6) is 0.0544. The molecule has 4 heteroatoms. The Kier molecular flexibility index (Phi) is 9.03. The minimum Gasteiger partial charge on any atom is -0.354 e. The molecular formula is C19H30N2O2. The van der Waals surface area contributed by atoms with Crippen molar-refractivity contribution in [1.29, 1.82) is 0 Å². The van der Waals surface area contributed by atoms with Crippen molar-refractivity contribution in [3.05, 3.63) is 35.9 Å². The Labute approximate surface area is 140 Å². The van der Waals surface area contributed by atoms with Crippen LogP contribution in [0.5, 0.6) is 0 Å². The second-order valence-electron chi connectivity index (χ2n) is 6.37. The average molecular weight is 318 g/mol. The van der Waals surface area contributed by atoms with E-state index in [-0.39, 0.29) is 11.8 Å². The van der Waals surface area contributed by atoms with Gasteiger partial charge < -0.3 is 10.6 Å². The van der Waals surface area contributed by atoms with Gasteiger partial charge in [0.1, 0.15) is 6.04 Å². The van der Waals surface area contributed by atoms with E-state index in [0.29, 0.717) is 24.4 Å². The topological polar surface area (TPSA) is 58.2 Å². The zero-order valence-corrected chi connectivity index (χ0v) is 14.6. The SMILES string of the molecule is CCCCCCNC(=O)[C@H](CC(C)C)NC(=O)c1ccccc1. The smallest absolute Gasteiger partial charge is 0.251 e. The number of hydrogen-bond acceptors (Lipinski definition) is 2. The lowest BCUT2D eigenvalue weighted by atomic mass is 10.0. The summed E-state index contributed by atoms with van der Waals surface area (Å²) in [6.07, 6.45) is 5.12. The van der Waals surface area contributed by atoms with Gasteiger partial charge in [-0.3, -0.25) is 9.59 Å². The lowest BCUT2D eigenvalue weighted by molar-refractivity contribution is -0.123. The standard InChI is InChI=1S/C19H30N2O2/c1-4-5-6-10-13-20-19(23)17(14-15(2)3)21-18(22)16-11-8-7-9-12-16/h7-9,11-12,15,17H,4-6,10,13-14H2,1-3H3,(H,20,23)(H,21,22)/t17-/m0/s1. The zero-order valence-electron chi connectivity index (χ0n) is 14.6. The summed E-state index contributed by atoms with van der Waals surface area (Å²) >= 11 is 0. The average Bonchev–Trinajstić information content (AvgIpc) is 2.54. The van der Waals surface area contributed by atoms with E-state index in [0.717, 1.165) is 12.8 Å². The summed E-state index contributed by atoms with van der Waals surface area (Å²) in [5.41, 5.74) is 0.581. The molecular weight excluding hydrogens is 288 g/mol. The van der Waals surface area contributed by atoms with Gasteiger partial charge in [-0.1, -0.05) is 58.2 Å². The highest BCUT2D eigenvalue weighted by Gasteiger charge is 2.22. The first-order valence-electron chi connectivity index (χ1n) is 8.68. The normalized spacial score (nSPS) is 12.0. The van der Waals surface area contributed by atoms with Crippen LogP contribution in [0.25, 0.3) is 0 Å². The molecule has 0 spiro atoms. The Morgan fingerprint density at radius 1 is 1.04 bits per heavy atom. The minimum absolute atomic E-state index is 0.0838. The summed E-state index contributed by atoms with van der Waals surface area (Å²) < 4.78 is 0. The maximum absolute atomic E-state index is 12.4. The molecule has 23 heavy (non-hydrogen) atoms. The second kappa shape index (κ2) is 10.8. The number of amides is 2. The molecule has 1 aromatic carbocycles. The molecule has 128 valence electrons. The number of rotatable bonds is 10. The van der Waals surface area contributed by atoms with E-state index >= 15 is 0 Å². The van der Waals surface area contributed by atoms with Gasteiger partial charge in [-0.25, -0.2) is 0 Å². The number of hydrogen-bond donors (Lipinski definition) is 2. The van der Waals surface area contributed by atoms with Gasteiger partial charge in [-0.05, 0) is 30.9 Å². The van der Waals surface area contributed by atoms with Gasteiger partial charge in [0.05, 0.1) is 0 Å². The molecule has 1 rings (SSSR count). The first kappa shape index (κ1) is 19.2. The molecule has 0 bridgehead atoms. The summed E-state index contributed by atoms with van der Waals surface area (Å²) in [4.78, 5) is 24.6. The summed E-state index contributed by atoms with van der Waals surface area (Å²) in [6.45, 7) is 6.94. The Bertz CT molecular complexity index is 472. The van der Waals surface area contributed by atoms with Gasteiger partial charge in [0.15, 0.2) is 0 Å². The molecule has 0 fully saturated rings. The maximum atomic E-state index is 12.4. The van der Waals surface area contributed by atoms with Crippen LogP contribution in [0.15, 0.2) is 30.3 Å². The van der Waals surface area contributed by atoms with Gasteiger partial charge in [0.2, 0.25) is 5.91 Å². The van der Waals surface area contributed by atoms with Gasteiger partial charge in [-0.2, -0.15) is 0 Å². The molecule has 0 aromatic heterocycles. The van der Waals surface area contributed by atoms with Crippen LogP contribution in [0.3, 0.4) is 0 Å². The van der Waals surface area contributed by atoms with E-state index in [1.807, 2.05) is 18.2 Å². The molecule has 0 saturated heterocycles. The van der Waals surface area contributed by atoms with Crippen molar-refractivity contribution >= 4 is 11.8 Å². The van der Waals surface area contributed by atoms with E-state index in [1.54, 1.807) is 12.1 Å². The largest absolute Gasteiger partial charge is 0.354 e. The van der Waals surface area contributed by atoms with Gasteiger partial charge in [0, 0.05) is 12.1 Å². The van der Waals surface area contributed by atoms with Crippen LogP contribution in [0.4, 0.5) is 0 Å². The summed E-state index contributed by atoms with van der Waals surface area (Å²) in [5, 5.41) is 5.82.